The normalized spacial score (nSPS) is 12.4. The number of hydrogen-bond donors (Lipinski definition) is 0. The minimum Gasteiger partial charge on any atom is -0.308 e. The highest BCUT2D eigenvalue weighted by atomic mass is 15.1. The summed E-state index contributed by atoms with van der Waals surface area (Å²) in [7, 11) is 0. The van der Waals surface area contributed by atoms with E-state index in [9.17, 15) is 5.26 Å². The molecular formula is C70H37N7. The van der Waals surface area contributed by atoms with Crippen LogP contribution >= 0.6 is 0 Å². The van der Waals surface area contributed by atoms with Gasteiger partial charge >= 0.3 is 0 Å². The van der Waals surface area contributed by atoms with Crippen LogP contribution < -0.4 is 0 Å². The van der Waals surface area contributed by atoms with Crippen molar-refractivity contribution < 1.29 is 0 Å². The maximum atomic E-state index is 12.8. The van der Waals surface area contributed by atoms with Crippen molar-refractivity contribution in [3.63, 3.8) is 0 Å². The van der Waals surface area contributed by atoms with Crippen molar-refractivity contribution in [3.05, 3.63) is 231 Å². The quantitative estimate of drug-likeness (QED) is 0.161. The van der Waals surface area contributed by atoms with E-state index in [1.807, 2.05) is 37.2 Å². The molecule has 0 saturated heterocycles. The van der Waals surface area contributed by atoms with Gasteiger partial charge in [-0.25, -0.2) is 0 Å². The zero-order valence-corrected chi connectivity index (χ0v) is 41.0. The third kappa shape index (κ3) is 5.02. The predicted octanol–water partition coefficient (Wildman–Crippen LogP) is 17.6. The SMILES string of the molecule is N#Cc1c(-n2c3cccc4c5ccncc5c5cccc2c5c43)c(-c2ccccc2)c(-n2c3cccc4c5ccncc5c5cccc2c5c43)c(-c2ccccc2)c1-n1c2cccc3c4ccncc4c4cccc1c4c32. The molecule has 0 fully saturated rings. The molecule has 0 radical (unpaired) electrons. The van der Waals surface area contributed by atoms with E-state index in [1.54, 1.807) is 0 Å². The first kappa shape index (κ1) is 40.8. The predicted molar refractivity (Wildman–Crippen MR) is 317 cm³/mol. The Morgan fingerprint density at radius 2 is 0.558 bits per heavy atom. The molecule has 0 aliphatic rings. The van der Waals surface area contributed by atoms with Crippen LogP contribution in [-0.4, -0.2) is 28.7 Å². The van der Waals surface area contributed by atoms with Gasteiger partial charge in [0.05, 0.1) is 50.2 Å². The molecule has 0 atom stereocenters. The van der Waals surface area contributed by atoms with Crippen LogP contribution in [0, 0.1) is 11.3 Å². The second-order valence-corrected chi connectivity index (χ2v) is 20.5. The van der Waals surface area contributed by atoms with Gasteiger partial charge in [0.1, 0.15) is 11.6 Å². The molecule has 7 nitrogen and oxygen atoms in total. The van der Waals surface area contributed by atoms with Crippen LogP contribution in [0.3, 0.4) is 0 Å². The van der Waals surface area contributed by atoms with Crippen LogP contribution in [0.5, 0.6) is 0 Å². The summed E-state index contributed by atoms with van der Waals surface area (Å²) in [6.07, 6.45) is 11.7. The molecule has 0 bridgehead atoms. The van der Waals surface area contributed by atoms with Crippen LogP contribution in [-0.2, 0) is 0 Å². The lowest BCUT2D eigenvalue weighted by molar-refractivity contribution is 1.09. The van der Waals surface area contributed by atoms with Gasteiger partial charge in [-0.1, -0.05) is 133 Å². The first-order valence-electron chi connectivity index (χ1n) is 26.1. The van der Waals surface area contributed by atoms with Gasteiger partial charge in [-0.2, -0.15) is 5.26 Å². The molecule has 7 heteroatoms. The second kappa shape index (κ2) is 14.8. The van der Waals surface area contributed by atoms with Gasteiger partial charge in [-0.15, -0.1) is 0 Å². The molecule has 18 rings (SSSR count). The Hall–Kier alpha value is -10.7. The minimum atomic E-state index is 0.553. The molecule has 77 heavy (non-hydrogen) atoms. The van der Waals surface area contributed by atoms with Crippen LogP contribution in [0.15, 0.2) is 225 Å². The van der Waals surface area contributed by atoms with E-state index in [-0.39, 0.29) is 0 Å². The highest BCUT2D eigenvalue weighted by molar-refractivity contribution is 6.37. The molecule has 0 spiro atoms. The molecular weight excluding hydrogens is 939 g/mol. The molecule has 6 heterocycles. The maximum absolute atomic E-state index is 12.8. The number of benzene rings is 12. The summed E-state index contributed by atoms with van der Waals surface area (Å²) < 4.78 is 7.38. The average Bonchev–Trinajstić information content (AvgIpc) is 4.32. The first-order chi connectivity index (χ1) is 38.3. The van der Waals surface area contributed by atoms with E-state index in [0.29, 0.717) is 5.56 Å². The van der Waals surface area contributed by atoms with E-state index < -0.39 is 0 Å². The smallest absolute Gasteiger partial charge is 0.104 e. The summed E-state index contributed by atoms with van der Waals surface area (Å²) in [5, 5.41) is 33.4. The number of rotatable bonds is 5. The van der Waals surface area contributed by atoms with Crippen LogP contribution in [0.1, 0.15) is 5.56 Å². The lowest BCUT2D eigenvalue weighted by Crippen LogP contribution is -2.13. The molecule has 0 saturated carbocycles. The molecule has 0 amide bonds. The maximum Gasteiger partial charge on any atom is 0.104 e. The Labute approximate surface area is 438 Å². The summed E-state index contributed by atoms with van der Waals surface area (Å²) in [5.74, 6) is 0. The van der Waals surface area contributed by atoms with E-state index in [1.165, 1.54) is 16.2 Å². The standard InChI is InChI=1S/C70H37N7/c71-35-50-68(75-54-23-7-17-44-41-29-32-72-36-51(41)47-20-10-25-56(75)65(47)62(44)54)60(39-13-3-1-4-14-39)70(77-58-27-9-19-46-43-31-34-74-38-53(43)49-22-12-28-59(77)67(49)64(46)58)61(40-15-5-2-6-16-40)69(50)76-55-24-8-18-45-42-30-33-73-37-52(42)48-21-11-26-57(76)66(48)63(45)55/h1-34,36-38H. The largest absolute Gasteiger partial charge is 0.308 e. The molecule has 0 unspecified atom stereocenters. The van der Waals surface area contributed by atoms with Crippen molar-refractivity contribution in [1.29, 1.82) is 5.26 Å². The van der Waals surface area contributed by atoms with Crippen molar-refractivity contribution in [2.24, 2.45) is 0 Å². The van der Waals surface area contributed by atoms with Gasteiger partial charge in [-0.05, 0) is 114 Å². The number of aromatic nitrogens is 6. The van der Waals surface area contributed by atoms with Gasteiger partial charge in [0, 0.05) is 96.8 Å². The fourth-order valence-corrected chi connectivity index (χ4v) is 14.2. The number of pyridine rings is 3. The average molecular weight is 976 g/mol. The summed E-state index contributed by atoms with van der Waals surface area (Å²) in [6, 6.07) is 71.1. The first-order valence-corrected chi connectivity index (χ1v) is 26.1. The molecule has 0 N–H and O–H groups in total. The molecule has 0 aliphatic heterocycles. The number of nitriles is 1. The number of nitrogens with zero attached hydrogens (tertiary/aromatic N) is 7. The second-order valence-electron chi connectivity index (χ2n) is 20.5. The van der Waals surface area contributed by atoms with Crippen molar-refractivity contribution in [1.82, 2.24) is 28.7 Å². The Bertz CT molecular complexity index is 5070. The zero-order chi connectivity index (χ0) is 50.2. The summed E-state index contributed by atoms with van der Waals surface area (Å²) in [4.78, 5) is 14.1. The Morgan fingerprint density at radius 3 is 0.857 bits per heavy atom. The van der Waals surface area contributed by atoms with Crippen LogP contribution in [0.4, 0.5) is 0 Å². The van der Waals surface area contributed by atoms with Crippen LogP contribution in [0.25, 0.3) is 169 Å². The molecule has 12 aromatic carbocycles. The van der Waals surface area contributed by atoms with Gasteiger partial charge in [0.25, 0.3) is 0 Å². The fourth-order valence-electron chi connectivity index (χ4n) is 14.2. The van der Waals surface area contributed by atoms with Gasteiger partial charge in [-0.3, -0.25) is 15.0 Å². The molecule has 18 aromatic rings. The van der Waals surface area contributed by atoms with E-state index in [2.05, 4.69) is 218 Å². The molecule has 352 valence electrons. The monoisotopic (exact) mass is 975 g/mol. The van der Waals surface area contributed by atoms with E-state index in [4.69, 9.17) is 4.98 Å². The number of hydrogen-bond acceptors (Lipinski definition) is 4. The third-order valence-corrected chi connectivity index (χ3v) is 17.0. The van der Waals surface area contributed by atoms with Crippen molar-refractivity contribution >= 4 is 130 Å². The zero-order valence-electron chi connectivity index (χ0n) is 41.0. The molecule has 6 aromatic heterocycles. The van der Waals surface area contributed by atoms with Crippen molar-refractivity contribution in [3.8, 4) is 45.4 Å². The van der Waals surface area contributed by atoms with Crippen molar-refractivity contribution in [2.45, 2.75) is 0 Å². The van der Waals surface area contributed by atoms with Gasteiger partial charge < -0.3 is 13.7 Å². The lowest BCUT2D eigenvalue weighted by atomic mass is 9.88. The Kier molecular flexibility index (Phi) is 7.81. The Balaban J connectivity index is 1.17. The third-order valence-electron chi connectivity index (χ3n) is 17.0. The number of fused-ring (bicyclic) bond motifs is 9. The van der Waals surface area contributed by atoms with Crippen LogP contribution in [0.2, 0.25) is 0 Å². The van der Waals surface area contributed by atoms with Gasteiger partial charge in [0.2, 0.25) is 0 Å². The van der Waals surface area contributed by atoms with Crippen molar-refractivity contribution in [2.75, 3.05) is 0 Å². The highest BCUT2D eigenvalue weighted by Crippen LogP contribution is 2.55. The summed E-state index contributed by atoms with van der Waals surface area (Å²) in [6.45, 7) is 0. The topological polar surface area (TPSA) is 77.2 Å². The fraction of sp³-hybridized carbons (Fsp3) is 0. The van der Waals surface area contributed by atoms with E-state index in [0.717, 1.165) is 153 Å². The Morgan fingerprint density at radius 1 is 0.273 bits per heavy atom. The lowest BCUT2D eigenvalue weighted by Gasteiger charge is -2.28. The summed E-state index contributed by atoms with van der Waals surface area (Å²) >= 11 is 0. The van der Waals surface area contributed by atoms with E-state index >= 15 is 0 Å². The minimum absolute atomic E-state index is 0.553. The summed E-state index contributed by atoms with van der Waals surface area (Å²) in [5.41, 5.74) is 13.2. The van der Waals surface area contributed by atoms with Gasteiger partial charge in [0.15, 0.2) is 0 Å². The molecule has 0 aliphatic carbocycles. The highest BCUT2D eigenvalue weighted by Gasteiger charge is 2.35.